The van der Waals surface area contributed by atoms with Gasteiger partial charge in [-0.25, -0.2) is 0 Å². The van der Waals surface area contributed by atoms with E-state index >= 15 is 0 Å². The van der Waals surface area contributed by atoms with Gasteiger partial charge in [-0.1, -0.05) is 60.7 Å². The van der Waals surface area contributed by atoms with Gasteiger partial charge in [0.1, 0.15) is 6.04 Å². The maximum Gasteiger partial charge on any atom is 0.243 e. The van der Waals surface area contributed by atoms with Crippen LogP contribution in [0.5, 0.6) is 0 Å². The standard InChI is InChI=1S/C21H24N2O2/c1-16(24)23-15-13-19(18-10-6-3-7-11-18)20(23)21(25)22-14-12-17-8-4-2-5-9-17/h2-11,19-20H,12-15H2,1H3,(H,22,25)/t19-,20+/m1/s1. The van der Waals surface area contributed by atoms with Crippen LogP contribution in [0.2, 0.25) is 0 Å². The number of nitrogens with zero attached hydrogens (tertiary/aromatic N) is 1. The quantitative estimate of drug-likeness (QED) is 0.913. The van der Waals surface area contributed by atoms with Crippen molar-refractivity contribution in [3.05, 3.63) is 71.8 Å². The molecule has 2 aromatic rings. The number of rotatable bonds is 5. The van der Waals surface area contributed by atoms with Crippen molar-refractivity contribution in [2.24, 2.45) is 0 Å². The number of carbonyl (C=O) groups excluding carboxylic acids is 2. The Kier molecular flexibility index (Phi) is 5.49. The van der Waals surface area contributed by atoms with Gasteiger partial charge in [0.2, 0.25) is 11.8 Å². The van der Waals surface area contributed by atoms with Crippen molar-refractivity contribution in [3.8, 4) is 0 Å². The maximum atomic E-state index is 12.8. The zero-order chi connectivity index (χ0) is 17.6. The fourth-order valence-electron chi connectivity index (χ4n) is 3.60. The average molecular weight is 336 g/mol. The zero-order valence-corrected chi connectivity index (χ0v) is 14.5. The minimum atomic E-state index is -0.421. The largest absolute Gasteiger partial charge is 0.354 e. The second-order valence-corrected chi connectivity index (χ2v) is 6.49. The predicted octanol–water partition coefficient (Wildman–Crippen LogP) is 2.75. The maximum absolute atomic E-state index is 12.8. The van der Waals surface area contributed by atoms with Gasteiger partial charge in [-0.2, -0.15) is 0 Å². The van der Waals surface area contributed by atoms with Crippen molar-refractivity contribution in [2.75, 3.05) is 13.1 Å². The molecule has 1 heterocycles. The summed E-state index contributed by atoms with van der Waals surface area (Å²) < 4.78 is 0. The Morgan fingerprint density at radius 3 is 2.32 bits per heavy atom. The van der Waals surface area contributed by atoms with E-state index in [1.807, 2.05) is 48.5 Å². The van der Waals surface area contributed by atoms with Crippen LogP contribution in [-0.4, -0.2) is 35.8 Å². The molecule has 2 aromatic carbocycles. The Balaban J connectivity index is 1.68. The van der Waals surface area contributed by atoms with E-state index in [-0.39, 0.29) is 17.7 Å². The monoisotopic (exact) mass is 336 g/mol. The Morgan fingerprint density at radius 1 is 1.04 bits per heavy atom. The fraction of sp³-hybridized carbons (Fsp3) is 0.333. The van der Waals surface area contributed by atoms with Gasteiger partial charge in [0.25, 0.3) is 0 Å². The van der Waals surface area contributed by atoms with E-state index in [4.69, 9.17) is 0 Å². The van der Waals surface area contributed by atoms with Gasteiger partial charge in [0.05, 0.1) is 0 Å². The van der Waals surface area contributed by atoms with E-state index in [9.17, 15) is 9.59 Å². The molecule has 0 radical (unpaired) electrons. The average Bonchev–Trinajstić information content (AvgIpc) is 3.09. The minimum absolute atomic E-state index is 0.0401. The molecule has 1 fully saturated rings. The molecule has 0 spiro atoms. The molecule has 0 bridgehead atoms. The highest BCUT2D eigenvalue weighted by Gasteiger charge is 2.41. The summed E-state index contributed by atoms with van der Waals surface area (Å²) in [5.41, 5.74) is 2.31. The molecule has 25 heavy (non-hydrogen) atoms. The van der Waals surface area contributed by atoms with Crippen LogP contribution >= 0.6 is 0 Å². The first kappa shape index (κ1) is 17.2. The Hall–Kier alpha value is -2.62. The van der Waals surface area contributed by atoms with Gasteiger partial charge in [0, 0.05) is 25.9 Å². The number of nitrogens with one attached hydrogen (secondary N) is 1. The van der Waals surface area contributed by atoms with E-state index in [0.29, 0.717) is 13.1 Å². The molecule has 2 amide bonds. The molecular formula is C21H24N2O2. The molecule has 0 unspecified atom stereocenters. The number of hydrogen-bond acceptors (Lipinski definition) is 2. The minimum Gasteiger partial charge on any atom is -0.354 e. The summed E-state index contributed by atoms with van der Waals surface area (Å²) in [6.45, 7) is 2.75. The molecule has 4 nitrogen and oxygen atoms in total. The lowest BCUT2D eigenvalue weighted by Gasteiger charge is -2.26. The molecule has 130 valence electrons. The highest BCUT2D eigenvalue weighted by Crippen LogP contribution is 2.33. The molecule has 4 heteroatoms. The second-order valence-electron chi connectivity index (χ2n) is 6.49. The van der Waals surface area contributed by atoms with Gasteiger partial charge in [0.15, 0.2) is 0 Å². The summed E-state index contributed by atoms with van der Waals surface area (Å²) in [5, 5.41) is 3.02. The molecule has 1 aliphatic rings. The van der Waals surface area contributed by atoms with E-state index in [2.05, 4.69) is 17.4 Å². The van der Waals surface area contributed by atoms with Crippen molar-refractivity contribution in [1.29, 1.82) is 0 Å². The SMILES string of the molecule is CC(=O)N1CC[C@H](c2ccccc2)[C@H]1C(=O)NCCc1ccccc1. The number of hydrogen-bond donors (Lipinski definition) is 1. The normalized spacial score (nSPS) is 19.6. The number of amides is 2. The van der Waals surface area contributed by atoms with E-state index in [1.165, 1.54) is 12.5 Å². The van der Waals surface area contributed by atoms with Crippen LogP contribution in [0.1, 0.15) is 30.4 Å². The Morgan fingerprint density at radius 2 is 1.68 bits per heavy atom. The highest BCUT2D eigenvalue weighted by atomic mass is 16.2. The van der Waals surface area contributed by atoms with Gasteiger partial charge < -0.3 is 10.2 Å². The molecule has 2 atom stereocenters. The lowest BCUT2D eigenvalue weighted by Crippen LogP contribution is -2.47. The summed E-state index contributed by atoms with van der Waals surface area (Å²) in [7, 11) is 0. The van der Waals surface area contributed by atoms with E-state index in [0.717, 1.165) is 18.4 Å². The zero-order valence-electron chi connectivity index (χ0n) is 14.5. The predicted molar refractivity (Wildman–Crippen MR) is 98.1 cm³/mol. The van der Waals surface area contributed by atoms with Crippen LogP contribution in [0.25, 0.3) is 0 Å². The Bertz CT molecular complexity index is 715. The van der Waals surface area contributed by atoms with Crippen molar-refractivity contribution >= 4 is 11.8 Å². The van der Waals surface area contributed by atoms with Crippen LogP contribution < -0.4 is 5.32 Å². The third-order valence-corrected chi connectivity index (χ3v) is 4.85. The van der Waals surface area contributed by atoms with Crippen LogP contribution in [0.15, 0.2) is 60.7 Å². The smallest absolute Gasteiger partial charge is 0.243 e. The van der Waals surface area contributed by atoms with Crippen molar-refractivity contribution in [2.45, 2.75) is 31.7 Å². The second kappa shape index (κ2) is 7.97. The summed E-state index contributed by atoms with van der Waals surface area (Å²) in [6, 6.07) is 19.7. The van der Waals surface area contributed by atoms with Crippen LogP contribution in [0.3, 0.4) is 0 Å². The molecule has 1 aliphatic heterocycles. The lowest BCUT2D eigenvalue weighted by atomic mass is 9.91. The van der Waals surface area contributed by atoms with Crippen molar-refractivity contribution < 1.29 is 9.59 Å². The summed E-state index contributed by atoms with van der Waals surface area (Å²) in [4.78, 5) is 26.5. The van der Waals surface area contributed by atoms with Gasteiger partial charge >= 0.3 is 0 Å². The molecule has 0 aromatic heterocycles. The first-order valence-electron chi connectivity index (χ1n) is 8.80. The fourth-order valence-corrected chi connectivity index (χ4v) is 3.60. The van der Waals surface area contributed by atoms with Crippen LogP contribution in [-0.2, 0) is 16.0 Å². The van der Waals surface area contributed by atoms with E-state index < -0.39 is 6.04 Å². The third kappa shape index (κ3) is 4.08. The summed E-state index contributed by atoms with van der Waals surface area (Å²) >= 11 is 0. The summed E-state index contributed by atoms with van der Waals surface area (Å²) in [6.07, 6.45) is 1.61. The van der Waals surface area contributed by atoms with Gasteiger partial charge in [-0.3, -0.25) is 9.59 Å². The van der Waals surface area contributed by atoms with Gasteiger partial charge in [-0.15, -0.1) is 0 Å². The van der Waals surface area contributed by atoms with Gasteiger partial charge in [-0.05, 0) is 24.0 Å². The lowest BCUT2D eigenvalue weighted by molar-refractivity contribution is -0.137. The van der Waals surface area contributed by atoms with Crippen molar-refractivity contribution in [1.82, 2.24) is 10.2 Å². The molecule has 1 N–H and O–H groups in total. The van der Waals surface area contributed by atoms with Crippen LogP contribution in [0, 0.1) is 0 Å². The van der Waals surface area contributed by atoms with Crippen LogP contribution in [0.4, 0.5) is 0 Å². The molecule has 0 saturated carbocycles. The van der Waals surface area contributed by atoms with E-state index in [1.54, 1.807) is 4.90 Å². The first-order chi connectivity index (χ1) is 12.2. The Labute approximate surface area is 148 Å². The topological polar surface area (TPSA) is 49.4 Å². The number of carbonyl (C=O) groups is 2. The highest BCUT2D eigenvalue weighted by molar-refractivity contribution is 5.88. The molecule has 3 rings (SSSR count). The number of likely N-dealkylation sites (tertiary alicyclic amines) is 1. The molecular weight excluding hydrogens is 312 g/mol. The first-order valence-corrected chi connectivity index (χ1v) is 8.80. The summed E-state index contributed by atoms with van der Waals surface area (Å²) in [5.74, 6) is -0.0408. The third-order valence-electron chi connectivity index (χ3n) is 4.85. The van der Waals surface area contributed by atoms with Crippen molar-refractivity contribution in [3.63, 3.8) is 0 Å². The molecule has 0 aliphatic carbocycles. The number of benzene rings is 2. The molecule has 1 saturated heterocycles.